The van der Waals surface area contributed by atoms with Gasteiger partial charge in [0.05, 0.1) is 10.5 Å². The van der Waals surface area contributed by atoms with Crippen molar-refractivity contribution in [2.24, 2.45) is 0 Å². The van der Waals surface area contributed by atoms with E-state index in [1.165, 1.54) is 24.3 Å². The molecule has 1 amide bonds. The number of carbonyl (C=O) groups is 1. The second-order valence-electron chi connectivity index (χ2n) is 7.16. The van der Waals surface area contributed by atoms with E-state index in [4.69, 9.17) is 16.3 Å². The van der Waals surface area contributed by atoms with Gasteiger partial charge in [-0.05, 0) is 19.1 Å². The molecule has 2 atom stereocenters. The van der Waals surface area contributed by atoms with Crippen LogP contribution >= 0.6 is 22.9 Å². The Morgan fingerprint density at radius 2 is 2.28 bits per heavy atom. The van der Waals surface area contributed by atoms with E-state index >= 15 is 0 Å². The summed E-state index contributed by atoms with van der Waals surface area (Å²) in [4.78, 5) is 22.8. The highest BCUT2D eigenvalue weighted by Crippen LogP contribution is 2.32. The molecule has 9 heteroatoms. The molecule has 1 fully saturated rings. The summed E-state index contributed by atoms with van der Waals surface area (Å²) in [5, 5.41) is 4.47. The lowest BCUT2D eigenvalue weighted by atomic mass is 10.2. The molecular formula is C20H20ClFN4O2S. The lowest BCUT2D eigenvalue weighted by Gasteiger charge is -2.19. The number of anilines is 1. The second-order valence-corrected chi connectivity index (χ2v) is 8.68. The molecule has 0 saturated carbocycles. The van der Waals surface area contributed by atoms with Crippen molar-refractivity contribution >= 4 is 44.9 Å². The molecule has 152 valence electrons. The molecule has 1 aliphatic heterocycles. The van der Waals surface area contributed by atoms with Crippen LogP contribution in [-0.4, -0.2) is 39.5 Å². The Morgan fingerprint density at radius 3 is 3.07 bits per heavy atom. The molecular weight excluding hydrogens is 415 g/mol. The minimum absolute atomic E-state index is 0.130. The van der Waals surface area contributed by atoms with Crippen LogP contribution in [-0.2, 0) is 11.3 Å². The standard InChI is InChI=1S/C20H20ClFN4O2S/c1-11-5-13(9-26(11)10-14-8-24-20(29-14)25-12(2)27)28-19-6-15-16(21)3-4-23-18(15)7-17(19)22/h3-4,6-8,11,13H,5,9-10H2,1-2H3,(H,24,25,27)/t11-,13+/m0/s1. The van der Waals surface area contributed by atoms with Crippen LogP contribution in [0, 0.1) is 5.82 Å². The van der Waals surface area contributed by atoms with Gasteiger partial charge in [0.15, 0.2) is 16.7 Å². The van der Waals surface area contributed by atoms with Crippen LogP contribution in [0.4, 0.5) is 9.52 Å². The van der Waals surface area contributed by atoms with Crippen LogP contribution in [0.5, 0.6) is 5.75 Å². The minimum atomic E-state index is -0.444. The molecule has 3 aromatic rings. The summed E-state index contributed by atoms with van der Waals surface area (Å²) in [6.45, 7) is 4.96. The highest BCUT2D eigenvalue weighted by molar-refractivity contribution is 7.15. The number of benzene rings is 1. The Hall–Kier alpha value is -2.29. The smallest absolute Gasteiger partial charge is 0.223 e. The molecule has 6 nitrogen and oxygen atoms in total. The summed E-state index contributed by atoms with van der Waals surface area (Å²) in [5.74, 6) is -0.389. The Kier molecular flexibility index (Phi) is 5.67. The molecule has 29 heavy (non-hydrogen) atoms. The number of hydrogen-bond acceptors (Lipinski definition) is 6. The van der Waals surface area contributed by atoms with Crippen LogP contribution in [0.15, 0.2) is 30.6 Å². The molecule has 1 saturated heterocycles. The number of amides is 1. The van der Waals surface area contributed by atoms with E-state index in [-0.39, 0.29) is 23.8 Å². The summed E-state index contributed by atoms with van der Waals surface area (Å²) in [7, 11) is 0. The molecule has 0 radical (unpaired) electrons. The Bertz CT molecular complexity index is 1060. The molecule has 0 unspecified atom stereocenters. The third kappa shape index (κ3) is 4.49. The van der Waals surface area contributed by atoms with Gasteiger partial charge in [-0.2, -0.15) is 0 Å². The van der Waals surface area contributed by atoms with Crippen LogP contribution in [0.1, 0.15) is 25.1 Å². The third-order valence-corrected chi connectivity index (χ3v) is 6.12. The molecule has 4 rings (SSSR count). The summed E-state index contributed by atoms with van der Waals surface area (Å²) >= 11 is 7.66. The largest absolute Gasteiger partial charge is 0.486 e. The van der Waals surface area contributed by atoms with Crippen molar-refractivity contribution < 1.29 is 13.9 Å². The number of thiazole rings is 1. The average Bonchev–Trinajstić information content (AvgIpc) is 3.22. The van der Waals surface area contributed by atoms with E-state index in [0.29, 0.717) is 34.1 Å². The lowest BCUT2D eigenvalue weighted by molar-refractivity contribution is -0.114. The predicted octanol–water partition coefficient (Wildman–Crippen LogP) is 4.48. The number of rotatable bonds is 5. The predicted molar refractivity (Wildman–Crippen MR) is 112 cm³/mol. The van der Waals surface area contributed by atoms with Crippen molar-refractivity contribution in [2.45, 2.75) is 39.0 Å². The maximum absolute atomic E-state index is 14.5. The van der Waals surface area contributed by atoms with Gasteiger partial charge in [0.1, 0.15) is 6.10 Å². The van der Waals surface area contributed by atoms with Gasteiger partial charge in [-0.25, -0.2) is 9.37 Å². The Morgan fingerprint density at radius 1 is 1.45 bits per heavy atom. The summed E-state index contributed by atoms with van der Waals surface area (Å²) in [6.07, 6.45) is 3.98. The van der Waals surface area contributed by atoms with Gasteiger partial charge in [0.2, 0.25) is 5.91 Å². The van der Waals surface area contributed by atoms with Crippen molar-refractivity contribution in [1.29, 1.82) is 0 Å². The third-order valence-electron chi connectivity index (χ3n) is 4.90. The first-order valence-corrected chi connectivity index (χ1v) is 10.4. The van der Waals surface area contributed by atoms with E-state index in [9.17, 15) is 9.18 Å². The van der Waals surface area contributed by atoms with Crippen molar-refractivity contribution in [1.82, 2.24) is 14.9 Å². The highest BCUT2D eigenvalue weighted by atomic mass is 35.5. The number of fused-ring (bicyclic) bond motifs is 1. The number of hydrogen-bond donors (Lipinski definition) is 1. The van der Waals surface area contributed by atoms with E-state index in [0.717, 1.165) is 11.3 Å². The monoisotopic (exact) mass is 434 g/mol. The first-order valence-electron chi connectivity index (χ1n) is 9.26. The normalized spacial score (nSPS) is 19.6. The fourth-order valence-electron chi connectivity index (χ4n) is 3.52. The maximum atomic E-state index is 14.5. The number of pyridine rings is 1. The fraction of sp³-hybridized carbons (Fsp3) is 0.350. The van der Waals surface area contributed by atoms with Gasteiger partial charge in [0.25, 0.3) is 0 Å². The zero-order valence-corrected chi connectivity index (χ0v) is 17.6. The molecule has 1 N–H and O–H groups in total. The van der Waals surface area contributed by atoms with Crippen LogP contribution < -0.4 is 10.1 Å². The van der Waals surface area contributed by atoms with Gasteiger partial charge in [-0.1, -0.05) is 11.6 Å². The van der Waals surface area contributed by atoms with E-state index in [1.54, 1.807) is 24.5 Å². The first-order chi connectivity index (χ1) is 13.9. The Labute approximate surface area is 176 Å². The molecule has 1 aliphatic rings. The topological polar surface area (TPSA) is 67.4 Å². The average molecular weight is 435 g/mol. The molecule has 0 aliphatic carbocycles. The van der Waals surface area contributed by atoms with Crippen molar-refractivity contribution in [3.63, 3.8) is 0 Å². The van der Waals surface area contributed by atoms with Gasteiger partial charge >= 0.3 is 0 Å². The number of carbonyl (C=O) groups excluding carboxylic acids is 1. The summed E-state index contributed by atoms with van der Waals surface area (Å²) in [6, 6.07) is 4.93. The number of nitrogens with zero attached hydrogens (tertiary/aromatic N) is 3. The van der Waals surface area contributed by atoms with Gasteiger partial charge in [-0.3, -0.25) is 14.7 Å². The zero-order valence-electron chi connectivity index (χ0n) is 16.0. The minimum Gasteiger partial charge on any atom is -0.486 e. The quantitative estimate of drug-likeness (QED) is 0.641. The van der Waals surface area contributed by atoms with Crippen LogP contribution in [0.25, 0.3) is 10.9 Å². The number of halogens is 2. The van der Waals surface area contributed by atoms with E-state index in [1.807, 2.05) is 0 Å². The van der Waals surface area contributed by atoms with Crippen LogP contribution in [0.3, 0.4) is 0 Å². The number of aromatic nitrogens is 2. The summed E-state index contributed by atoms with van der Waals surface area (Å²) in [5.41, 5.74) is 0.504. The van der Waals surface area contributed by atoms with Crippen molar-refractivity contribution in [2.75, 3.05) is 11.9 Å². The molecule has 2 aromatic heterocycles. The van der Waals surface area contributed by atoms with Gasteiger partial charge in [-0.15, -0.1) is 11.3 Å². The van der Waals surface area contributed by atoms with Crippen LogP contribution in [0.2, 0.25) is 5.02 Å². The Balaban J connectivity index is 1.44. The summed E-state index contributed by atoms with van der Waals surface area (Å²) < 4.78 is 20.5. The lowest BCUT2D eigenvalue weighted by Crippen LogP contribution is -2.27. The first kappa shape index (κ1) is 20.0. The fourth-order valence-corrected chi connectivity index (χ4v) is 4.62. The maximum Gasteiger partial charge on any atom is 0.223 e. The number of ether oxygens (including phenoxy) is 1. The highest BCUT2D eigenvalue weighted by Gasteiger charge is 2.31. The molecule has 0 bridgehead atoms. The van der Waals surface area contributed by atoms with E-state index < -0.39 is 5.82 Å². The number of likely N-dealkylation sites (tertiary alicyclic amines) is 1. The second kappa shape index (κ2) is 8.22. The SMILES string of the molecule is CC(=O)Nc1ncc(CN2C[C@H](Oc3cc4c(Cl)ccnc4cc3F)C[C@@H]2C)s1. The van der Waals surface area contributed by atoms with Crippen molar-refractivity contribution in [3.05, 3.63) is 46.3 Å². The zero-order chi connectivity index (χ0) is 20.5. The molecule has 3 heterocycles. The van der Waals surface area contributed by atoms with Crippen molar-refractivity contribution in [3.8, 4) is 5.75 Å². The van der Waals surface area contributed by atoms with E-state index in [2.05, 4.69) is 27.1 Å². The molecule has 0 spiro atoms. The number of nitrogens with one attached hydrogen (secondary N) is 1. The van der Waals surface area contributed by atoms with Gasteiger partial charge < -0.3 is 10.1 Å². The molecule has 1 aromatic carbocycles. The van der Waals surface area contributed by atoms with Gasteiger partial charge in [0, 0.05) is 61.2 Å².